The van der Waals surface area contributed by atoms with E-state index < -0.39 is 0 Å². The summed E-state index contributed by atoms with van der Waals surface area (Å²) in [6.07, 6.45) is 1.55. The maximum atomic E-state index is 10.9. The monoisotopic (exact) mass is 245 g/mol. The normalized spacial score (nSPS) is 8.44. The molecule has 2 nitrogen and oxygen atoms in total. The second-order valence-corrected chi connectivity index (χ2v) is 3.48. The molecule has 1 amide bonds. The highest BCUT2D eigenvalue weighted by Gasteiger charge is 1.91. The molecule has 0 spiro atoms. The van der Waals surface area contributed by atoms with Crippen molar-refractivity contribution in [3.05, 3.63) is 35.4 Å². The van der Waals surface area contributed by atoms with Gasteiger partial charge < -0.3 is 5.32 Å². The van der Waals surface area contributed by atoms with E-state index in [0.29, 0.717) is 13.0 Å². The van der Waals surface area contributed by atoms with Crippen molar-refractivity contribution >= 4 is 5.91 Å². The van der Waals surface area contributed by atoms with Crippen LogP contribution >= 0.6 is 0 Å². The van der Waals surface area contributed by atoms with Crippen LogP contribution in [0.5, 0.6) is 0 Å². The molecule has 0 saturated carbocycles. The van der Waals surface area contributed by atoms with Crippen LogP contribution in [0.1, 0.15) is 45.2 Å². The van der Waals surface area contributed by atoms with Crippen molar-refractivity contribution < 1.29 is 4.79 Å². The lowest BCUT2D eigenvalue weighted by molar-refractivity contribution is -0.120. The van der Waals surface area contributed by atoms with Gasteiger partial charge in [-0.05, 0) is 24.1 Å². The van der Waals surface area contributed by atoms with E-state index in [9.17, 15) is 4.79 Å². The van der Waals surface area contributed by atoms with Crippen LogP contribution in [0.3, 0.4) is 0 Å². The number of hydrogen-bond acceptors (Lipinski definition) is 1. The van der Waals surface area contributed by atoms with E-state index in [1.807, 2.05) is 32.9 Å². The van der Waals surface area contributed by atoms with Crippen molar-refractivity contribution in [3.8, 4) is 11.8 Å². The molecule has 0 aromatic heterocycles. The minimum absolute atomic E-state index is 0.0376. The van der Waals surface area contributed by atoms with Crippen molar-refractivity contribution in [2.75, 3.05) is 6.54 Å². The third-order valence-electron chi connectivity index (χ3n) is 2.29. The fourth-order valence-corrected chi connectivity index (χ4v) is 1.24. The second kappa shape index (κ2) is 10.4. The predicted molar refractivity (Wildman–Crippen MR) is 77.3 cm³/mol. The zero-order valence-corrected chi connectivity index (χ0v) is 11.8. The van der Waals surface area contributed by atoms with Gasteiger partial charge in [-0.25, -0.2) is 0 Å². The standard InChI is InChI=1S/C14H17NO.C2H6/c1-3-12-7-9-13(10-8-12)6-5-11-15-14(16)4-2;1-2/h7-10H,3-4,11H2,1-2H3,(H,15,16);1-2H3. The molecule has 0 aliphatic rings. The fourth-order valence-electron chi connectivity index (χ4n) is 1.24. The van der Waals surface area contributed by atoms with Crippen LogP contribution in [0.4, 0.5) is 0 Å². The fraction of sp³-hybridized carbons (Fsp3) is 0.438. The second-order valence-electron chi connectivity index (χ2n) is 3.48. The van der Waals surface area contributed by atoms with Gasteiger partial charge in [0.2, 0.25) is 5.91 Å². The summed E-state index contributed by atoms with van der Waals surface area (Å²) in [6, 6.07) is 8.17. The molecular weight excluding hydrogens is 222 g/mol. The molecule has 1 aromatic rings. The summed E-state index contributed by atoms with van der Waals surface area (Å²) < 4.78 is 0. The first kappa shape index (κ1) is 16.2. The molecule has 0 aliphatic carbocycles. The van der Waals surface area contributed by atoms with Gasteiger partial charge in [0.1, 0.15) is 0 Å². The first-order chi connectivity index (χ1) is 8.76. The molecule has 98 valence electrons. The molecular formula is C16H23NO. The largest absolute Gasteiger partial charge is 0.345 e. The number of hydrogen-bond donors (Lipinski definition) is 1. The quantitative estimate of drug-likeness (QED) is 0.814. The number of aryl methyl sites for hydroxylation is 1. The van der Waals surface area contributed by atoms with Crippen LogP contribution in [0.15, 0.2) is 24.3 Å². The highest BCUT2D eigenvalue weighted by molar-refractivity contribution is 5.75. The average molecular weight is 245 g/mol. The molecule has 1 aromatic carbocycles. The summed E-state index contributed by atoms with van der Waals surface area (Å²) in [7, 11) is 0. The van der Waals surface area contributed by atoms with Crippen molar-refractivity contribution in [1.82, 2.24) is 5.32 Å². The third-order valence-corrected chi connectivity index (χ3v) is 2.29. The summed E-state index contributed by atoms with van der Waals surface area (Å²) in [5.74, 6) is 5.97. The highest BCUT2D eigenvalue weighted by atomic mass is 16.1. The SMILES string of the molecule is CC.CCC(=O)NCC#Cc1ccc(CC)cc1. The van der Waals surface area contributed by atoms with Crippen LogP contribution in [0.25, 0.3) is 0 Å². The molecule has 0 atom stereocenters. The van der Waals surface area contributed by atoms with E-state index >= 15 is 0 Å². The number of rotatable bonds is 3. The van der Waals surface area contributed by atoms with Crippen molar-refractivity contribution in [2.45, 2.75) is 40.5 Å². The Balaban J connectivity index is 0.00000137. The molecule has 0 aliphatic heterocycles. The average Bonchev–Trinajstić information content (AvgIpc) is 2.46. The van der Waals surface area contributed by atoms with Crippen LogP contribution < -0.4 is 5.32 Å². The summed E-state index contributed by atoms with van der Waals surface area (Å²) >= 11 is 0. The minimum atomic E-state index is 0.0376. The summed E-state index contributed by atoms with van der Waals surface area (Å²) in [4.78, 5) is 10.9. The van der Waals surface area contributed by atoms with Crippen LogP contribution in [0, 0.1) is 11.8 Å². The van der Waals surface area contributed by atoms with E-state index in [4.69, 9.17) is 0 Å². The van der Waals surface area contributed by atoms with Crippen LogP contribution in [-0.4, -0.2) is 12.5 Å². The maximum Gasteiger partial charge on any atom is 0.220 e. The van der Waals surface area contributed by atoms with E-state index in [2.05, 4.69) is 36.2 Å². The highest BCUT2D eigenvalue weighted by Crippen LogP contribution is 2.03. The number of nitrogens with one attached hydrogen (secondary N) is 1. The Hall–Kier alpha value is -1.75. The zero-order valence-electron chi connectivity index (χ0n) is 11.8. The number of carbonyl (C=O) groups excluding carboxylic acids is 1. The molecule has 0 bridgehead atoms. The van der Waals surface area contributed by atoms with Crippen molar-refractivity contribution in [2.24, 2.45) is 0 Å². The van der Waals surface area contributed by atoms with Crippen molar-refractivity contribution in [3.63, 3.8) is 0 Å². The van der Waals surface area contributed by atoms with Crippen LogP contribution in [-0.2, 0) is 11.2 Å². The topological polar surface area (TPSA) is 29.1 Å². The van der Waals surface area contributed by atoms with Gasteiger partial charge in [-0.2, -0.15) is 0 Å². The van der Waals surface area contributed by atoms with Gasteiger partial charge in [0.25, 0.3) is 0 Å². The molecule has 0 unspecified atom stereocenters. The Kier molecular flexibility index (Phi) is 9.40. The molecule has 0 heterocycles. The first-order valence-corrected chi connectivity index (χ1v) is 6.60. The van der Waals surface area contributed by atoms with Gasteiger partial charge in [-0.15, -0.1) is 0 Å². The Morgan fingerprint density at radius 3 is 2.28 bits per heavy atom. The van der Waals surface area contributed by atoms with Gasteiger partial charge in [0, 0.05) is 12.0 Å². The molecule has 2 heteroatoms. The molecule has 1 rings (SSSR count). The predicted octanol–water partition coefficient (Wildman–Crippen LogP) is 3.15. The number of carbonyl (C=O) groups is 1. The van der Waals surface area contributed by atoms with Gasteiger partial charge >= 0.3 is 0 Å². The third kappa shape index (κ3) is 6.75. The van der Waals surface area contributed by atoms with E-state index in [1.165, 1.54) is 5.56 Å². The first-order valence-electron chi connectivity index (χ1n) is 6.60. The van der Waals surface area contributed by atoms with Crippen molar-refractivity contribution in [1.29, 1.82) is 0 Å². The Morgan fingerprint density at radius 2 is 1.78 bits per heavy atom. The zero-order chi connectivity index (χ0) is 13.8. The maximum absolute atomic E-state index is 10.9. The van der Waals surface area contributed by atoms with Gasteiger partial charge in [0.05, 0.1) is 6.54 Å². The Morgan fingerprint density at radius 1 is 1.17 bits per heavy atom. The molecule has 1 N–H and O–H groups in total. The number of amides is 1. The van der Waals surface area contributed by atoms with Crippen LogP contribution in [0.2, 0.25) is 0 Å². The lowest BCUT2D eigenvalue weighted by atomic mass is 10.1. The number of benzene rings is 1. The Labute approximate surface area is 111 Å². The molecule has 18 heavy (non-hydrogen) atoms. The van der Waals surface area contributed by atoms with Gasteiger partial charge in [0.15, 0.2) is 0 Å². The summed E-state index contributed by atoms with van der Waals surface area (Å²) in [5, 5.41) is 2.71. The lowest BCUT2D eigenvalue weighted by Gasteiger charge is -1.96. The lowest BCUT2D eigenvalue weighted by Crippen LogP contribution is -2.22. The molecule has 0 saturated heterocycles. The van der Waals surface area contributed by atoms with E-state index in [1.54, 1.807) is 0 Å². The smallest absolute Gasteiger partial charge is 0.220 e. The molecule has 0 radical (unpaired) electrons. The summed E-state index contributed by atoms with van der Waals surface area (Å²) in [6.45, 7) is 8.37. The summed E-state index contributed by atoms with van der Waals surface area (Å²) in [5.41, 5.74) is 2.30. The van der Waals surface area contributed by atoms with E-state index in [0.717, 1.165) is 12.0 Å². The van der Waals surface area contributed by atoms with Gasteiger partial charge in [-0.3, -0.25) is 4.79 Å². The molecule has 0 fully saturated rings. The van der Waals surface area contributed by atoms with Gasteiger partial charge in [-0.1, -0.05) is 51.7 Å². The Bertz CT molecular complexity index is 395. The van der Waals surface area contributed by atoms with E-state index in [-0.39, 0.29) is 5.91 Å². The minimum Gasteiger partial charge on any atom is -0.345 e.